The van der Waals surface area contributed by atoms with E-state index in [0.717, 1.165) is 33.3 Å². The van der Waals surface area contributed by atoms with Gasteiger partial charge in [-0.3, -0.25) is 19.3 Å². The lowest BCUT2D eigenvalue weighted by Crippen LogP contribution is -2.49. The zero-order chi connectivity index (χ0) is 29.2. The van der Waals surface area contributed by atoms with Gasteiger partial charge >= 0.3 is 5.97 Å². The number of nitrogens with zero attached hydrogens (tertiary/aromatic N) is 3. The Morgan fingerprint density at radius 1 is 0.881 bits per heavy atom. The number of nitrogens with one attached hydrogen (secondary N) is 1. The second-order valence-electron chi connectivity index (χ2n) is 11.2. The first-order chi connectivity index (χ1) is 20.4. The van der Waals surface area contributed by atoms with Gasteiger partial charge in [-0.15, -0.1) is 0 Å². The molecular formula is C34H34N4O4. The fourth-order valence-electron chi connectivity index (χ4n) is 5.92. The van der Waals surface area contributed by atoms with Crippen molar-refractivity contribution in [3.05, 3.63) is 102 Å². The number of aliphatic carboxylic acids is 1. The van der Waals surface area contributed by atoms with E-state index in [1.165, 1.54) is 0 Å². The van der Waals surface area contributed by atoms with Crippen molar-refractivity contribution >= 4 is 28.7 Å². The van der Waals surface area contributed by atoms with E-state index in [1.807, 2.05) is 91.9 Å². The molecule has 3 atom stereocenters. The molecule has 1 aliphatic heterocycles. The molecule has 1 saturated heterocycles. The summed E-state index contributed by atoms with van der Waals surface area (Å²) >= 11 is 0. The standard InChI is InChI=1S/C34H34N4O4/c1-22(23-10-4-2-5-11-23)35-32(39)30-25-14-8-9-15-29(25)36-31(24-12-6-3-7-13-24)28(30)21-37-16-18-38(19-17-37)33(40)26-20-27(26)34(41)42/h2-15,22,26-27H,16-21H2,1H3,(H,35,39)(H,41,42)/t22-,26?,27?/m0/s1. The Hall–Kier alpha value is -4.56. The van der Waals surface area contributed by atoms with Gasteiger partial charge in [0, 0.05) is 49.2 Å². The Kier molecular flexibility index (Phi) is 7.71. The van der Waals surface area contributed by atoms with E-state index in [-0.39, 0.29) is 17.9 Å². The minimum absolute atomic E-state index is 0.0608. The summed E-state index contributed by atoms with van der Waals surface area (Å²) in [6.45, 7) is 4.77. The molecule has 1 aromatic heterocycles. The van der Waals surface area contributed by atoms with Crippen molar-refractivity contribution in [2.45, 2.75) is 25.9 Å². The molecule has 42 heavy (non-hydrogen) atoms. The summed E-state index contributed by atoms with van der Waals surface area (Å²) in [5.74, 6) is -2.05. The maximum atomic E-state index is 14.1. The van der Waals surface area contributed by atoms with Gasteiger partial charge in [-0.25, -0.2) is 4.98 Å². The van der Waals surface area contributed by atoms with Crippen LogP contribution in [-0.4, -0.2) is 63.9 Å². The van der Waals surface area contributed by atoms with Gasteiger partial charge in [-0.05, 0) is 25.0 Å². The summed E-state index contributed by atoms with van der Waals surface area (Å²) in [6, 6.07) is 27.4. The van der Waals surface area contributed by atoms with Crippen molar-refractivity contribution in [1.82, 2.24) is 20.1 Å². The number of hydrogen-bond donors (Lipinski definition) is 2. The van der Waals surface area contributed by atoms with E-state index in [1.54, 1.807) is 4.90 Å². The van der Waals surface area contributed by atoms with Gasteiger partial charge in [0.15, 0.2) is 0 Å². The maximum Gasteiger partial charge on any atom is 0.307 e. The maximum absolute atomic E-state index is 14.1. The van der Waals surface area contributed by atoms with E-state index in [0.29, 0.717) is 44.7 Å². The monoisotopic (exact) mass is 562 g/mol. The zero-order valence-corrected chi connectivity index (χ0v) is 23.6. The van der Waals surface area contributed by atoms with Crippen LogP contribution in [0.15, 0.2) is 84.9 Å². The summed E-state index contributed by atoms with van der Waals surface area (Å²) in [5.41, 5.74) is 4.95. The van der Waals surface area contributed by atoms with Crippen molar-refractivity contribution in [3.63, 3.8) is 0 Å². The fraction of sp³-hybridized carbons (Fsp3) is 0.294. The van der Waals surface area contributed by atoms with E-state index in [2.05, 4.69) is 10.2 Å². The van der Waals surface area contributed by atoms with E-state index in [9.17, 15) is 19.5 Å². The average Bonchev–Trinajstić information content (AvgIpc) is 3.83. The molecule has 6 rings (SSSR count). The Balaban J connectivity index is 1.32. The number of piperazine rings is 1. The first-order valence-corrected chi connectivity index (χ1v) is 14.5. The topological polar surface area (TPSA) is 103 Å². The van der Waals surface area contributed by atoms with Gasteiger partial charge in [-0.2, -0.15) is 0 Å². The molecule has 2 fully saturated rings. The Bertz CT molecular complexity index is 1620. The third kappa shape index (κ3) is 5.63. The highest BCUT2D eigenvalue weighted by molar-refractivity contribution is 6.09. The highest BCUT2D eigenvalue weighted by Crippen LogP contribution is 2.40. The Morgan fingerprint density at radius 3 is 2.19 bits per heavy atom. The van der Waals surface area contributed by atoms with Gasteiger partial charge < -0.3 is 15.3 Å². The number of hydrogen-bond acceptors (Lipinski definition) is 5. The normalized spacial score (nSPS) is 19.3. The van der Waals surface area contributed by atoms with Crippen LogP contribution in [0.25, 0.3) is 22.2 Å². The molecule has 0 spiro atoms. The van der Waals surface area contributed by atoms with Gasteiger partial charge in [0.05, 0.1) is 34.7 Å². The van der Waals surface area contributed by atoms with Crippen LogP contribution in [-0.2, 0) is 16.1 Å². The van der Waals surface area contributed by atoms with E-state index < -0.39 is 17.8 Å². The van der Waals surface area contributed by atoms with Crippen LogP contribution < -0.4 is 5.32 Å². The molecule has 8 nitrogen and oxygen atoms in total. The largest absolute Gasteiger partial charge is 0.481 e. The summed E-state index contributed by atoms with van der Waals surface area (Å²) in [4.78, 5) is 47.4. The molecule has 2 N–H and O–H groups in total. The molecule has 2 aliphatic rings. The summed E-state index contributed by atoms with van der Waals surface area (Å²) in [5, 5.41) is 13.3. The highest BCUT2D eigenvalue weighted by atomic mass is 16.4. The summed E-state index contributed by atoms with van der Waals surface area (Å²) in [6.07, 6.45) is 0.428. The van der Waals surface area contributed by atoms with Gasteiger partial charge in [0.1, 0.15) is 0 Å². The molecule has 2 unspecified atom stereocenters. The van der Waals surface area contributed by atoms with Crippen molar-refractivity contribution < 1.29 is 19.5 Å². The number of pyridine rings is 1. The number of benzene rings is 3. The zero-order valence-electron chi connectivity index (χ0n) is 23.6. The number of rotatable bonds is 8. The summed E-state index contributed by atoms with van der Waals surface area (Å²) in [7, 11) is 0. The minimum Gasteiger partial charge on any atom is -0.481 e. The second-order valence-corrected chi connectivity index (χ2v) is 11.2. The number of amides is 2. The number of carboxylic acids is 1. The third-order valence-corrected chi connectivity index (χ3v) is 8.41. The number of carbonyl (C=O) groups is 3. The van der Waals surface area contributed by atoms with Gasteiger partial charge in [0.2, 0.25) is 5.91 Å². The van der Waals surface area contributed by atoms with Crippen LogP contribution in [0, 0.1) is 11.8 Å². The molecule has 0 radical (unpaired) electrons. The first kappa shape index (κ1) is 27.6. The van der Waals surface area contributed by atoms with Crippen LogP contribution >= 0.6 is 0 Å². The van der Waals surface area contributed by atoms with Crippen LogP contribution in [0.5, 0.6) is 0 Å². The predicted molar refractivity (Wildman–Crippen MR) is 161 cm³/mol. The van der Waals surface area contributed by atoms with Crippen molar-refractivity contribution in [2.75, 3.05) is 26.2 Å². The van der Waals surface area contributed by atoms with Crippen LogP contribution in [0.3, 0.4) is 0 Å². The van der Waals surface area contributed by atoms with E-state index >= 15 is 0 Å². The molecule has 214 valence electrons. The van der Waals surface area contributed by atoms with Gasteiger partial charge in [0.25, 0.3) is 5.91 Å². The lowest BCUT2D eigenvalue weighted by Gasteiger charge is -2.35. The average molecular weight is 563 g/mol. The Labute approximate surface area is 245 Å². The van der Waals surface area contributed by atoms with E-state index in [4.69, 9.17) is 4.98 Å². The Morgan fingerprint density at radius 2 is 1.52 bits per heavy atom. The summed E-state index contributed by atoms with van der Waals surface area (Å²) < 4.78 is 0. The van der Waals surface area contributed by atoms with Crippen molar-refractivity contribution in [3.8, 4) is 11.3 Å². The number of aromatic nitrogens is 1. The first-order valence-electron chi connectivity index (χ1n) is 14.5. The molecule has 1 aliphatic carbocycles. The van der Waals surface area contributed by atoms with Crippen molar-refractivity contribution in [2.24, 2.45) is 11.8 Å². The lowest BCUT2D eigenvalue weighted by atomic mass is 9.95. The van der Waals surface area contributed by atoms with Crippen molar-refractivity contribution in [1.29, 1.82) is 0 Å². The highest BCUT2D eigenvalue weighted by Gasteiger charge is 2.50. The molecule has 3 aromatic carbocycles. The number of carbonyl (C=O) groups excluding carboxylic acids is 2. The molecular weight excluding hydrogens is 528 g/mol. The molecule has 2 amide bonds. The third-order valence-electron chi connectivity index (χ3n) is 8.41. The quantitative estimate of drug-likeness (QED) is 0.321. The SMILES string of the molecule is C[C@H](NC(=O)c1c(CN2CCN(C(=O)C3CC3C(=O)O)CC2)c(-c2ccccc2)nc2ccccc12)c1ccccc1. The number of fused-ring (bicyclic) bond motifs is 1. The molecule has 8 heteroatoms. The molecule has 0 bridgehead atoms. The van der Waals surface area contributed by atoms with Crippen LogP contribution in [0.1, 0.15) is 40.9 Å². The minimum atomic E-state index is -0.892. The number of carboxylic acid groups (broad SMARTS) is 1. The smallest absolute Gasteiger partial charge is 0.307 e. The number of para-hydroxylation sites is 1. The van der Waals surface area contributed by atoms with Crippen LogP contribution in [0.2, 0.25) is 0 Å². The molecule has 2 heterocycles. The lowest BCUT2D eigenvalue weighted by molar-refractivity contribution is -0.142. The second kappa shape index (κ2) is 11.7. The molecule has 4 aromatic rings. The fourth-order valence-corrected chi connectivity index (χ4v) is 5.92. The molecule has 1 saturated carbocycles. The van der Waals surface area contributed by atoms with Crippen LogP contribution in [0.4, 0.5) is 0 Å². The predicted octanol–water partition coefficient (Wildman–Crippen LogP) is 4.76. The van der Waals surface area contributed by atoms with Gasteiger partial charge in [-0.1, -0.05) is 78.9 Å².